The van der Waals surface area contributed by atoms with Crippen LogP contribution in [0.5, 0.6) is 0 Å². The minimum atomic E-state index is -4.40. The summed E-state index contributed by atoms with van der Waals surface area (Å²) in [6.45, 7) is 0.0228. The smallest absolute Gasteiger partial charge is 0.347 e. The van der Waals surface area contributed by atoms with E-state index >= 15 is 0 Å². The van der Waals surface area contributed by atoms with Crippen LogP contribution >= 0.6 is 22.7 Å². The summed E-state index contributed by atoms with van der Waals surface area (Å²) < 4.78 is 38.0. The van der Waals surface area contributed by atoms with Gasteiger partial charge in [0.05, 0.1) is 16.6 Å². The fourth-order valence-electron chi connectivity index (χ4n) is 2.02. The molecule has 0 fully saturated rings. The van der Waals surface area contributed by atoms with E-state index in [0.29, 0.717) is 10.4 Å². The first-order valence-corrected chi connectivity index (χ1v) is 8.57. The van der Waals surface area contributed by atoms with E-state index in [1.807, 2.05) is 17.5 Å². The van der Waals surface area contributed by atoms with E-state index < -0.39 is 11.7 Å². The number of amides is 1. The number of thiophene rings is 1. The molecule has 2 aromatic heterocycles. The van der Waals surface area contributed by atoms with Crippen molar-refractivity contribution in [1.82, 2.24) is 10.3 Å². The number of carbonyl (C=O) groups is 1. The number of carbonyl (C=O) groups excluding carboxylic acids is 1. The first kappa shape index (κ1) is 16.7. The van der Waals surface area contributed by atoms with Crippen LogP contribution in [-0.4, -0.2) is 10.9 Å². The van der Waals surface area contributed by atoms with Gasteiger partial charge >= 0.3 is 6.18 Å². The number of halogens is 3. The maximum Gasteiger partial charge on any atom is 0.416 e. The highest BCUT2D eigenvalue weighted by molar-refractivity contribution is 7.21. The molecule has 1 aromatic carbocycles. The molecule has 3 aromatic rings. The van der Waals surface area contributed by atoms with Gasteiger partial charge in [-0.05, 0) is 29.1 Å². The molecule has 1 amide bonds. The summed E-state index contributed by atoms with van der Waals surface area (Å²) >= 11 is 2.77. The highest BCUT2D eigenvalue weighted by Gasteiger charge is 2.30. The first-order chi connectivity index (χ1) is 11.4. The molecule has 0 aliphatic carbocycles. The van der Waals surface area contributed by atoms with Crippen molar-refractivity contribution in [1.29, 1.82) is 0 Å². The molecule has 8 heteroatoms. The van der Waals surface area contributed by atoms with Gasteiger partial charge in [-0.2, -0.15) is 13.2 Å². The largest absolute Gasteiger partial charge is 0.416 e. The molecule has 0 unspecified atom stereocenters. The number of alkyl halides is 3. The number of hydrogen-bond donors (Lipinski definition) is 1. The Morgan fingerprint density at radius 1 is 1.21 bits per heavy atom. The molecule has 0 aliphatic heterocycles. The quantitative estimate of drug-likeness (QED) is 0.717. The summed E-state index contributed by atoms with van der Waals surface area (Å²) in [7, 11) is 0. The Hall–Kier alpha value is -2.19. The van der Waals surface area contributed by atoms with E-state index in [-0.39, 0.29) is 12.5 Å². The van der Waals surface area contributed by atoms with Gasteiger partial charge < -0.3 is 5.32 Å². The van der Waals surface area contributed by atoms with Crippen molar-refractivity contribution in [3.05, 3.63) is 64.0 Å². The van der Waals surface area contributed by atoms with Crippen molar-refractivity contribution in [2.45, 2.75) is 12.7 Å². The minimum absolute atomic E-state index is 0.0228. The SMILES string of the molecule is O=C(NCc1cccc(C(F)(F)F)c1)c1cnc(-c2cccs2)s1. The molecule has 0 aliphatic rings. The lowest BCUT2D eigenvalue weighted by molar-refractivity contribution is -0.137. The molecule has 2 heterocycles. The Labute approximate surface area is 143 Å². The zero-order valence-corrected chi connectivity index (χ0v) is 13.8. The minimum Gasteiger partial charge on any atom is -0.347 e. The zero-order valence-electron chi connectivity index (χ0n) is 12.1. The zero-order chi connectivity index (χ0) is 17.2. The summed E-state index contributed by atoms with van der Waals surface area (Å²) in [4.78, 5) is 17.7. The summed E-state index contributed by atoms with van der Waals surface area (Å²) in [6, 6.07) is 8.71. The molecule has 1 N–H and O–H groups in total. The van der Waals surface area contributed by atoms with Gasteiger partial charge in [0.25, 0.3) is 5.91 Å². The van der Waals surface area contributed by atoms with Crippen molar-refractivity contribution in [2.24, 2.45) is 0 Å². The Morgan fingerprint density at radius 3 is 2.75 bits per heavy atom. The number of nitrogens with zero attached hydrogens (tertiary/aromatic N) is 1. The van der Waals surface area contributed by atoms with Gasteiger partial charge in [0, 0.05) is 6.54 Å². The standard InChI is InChI=1S/C16H11F3N2OS2/c17-16(18,19)11-4-1-3-10(7-11)8-20-14(22)13-9-21-15(24-13)12-5-2-6-23-12/h1-7,9H,8H2,(H,20,22). The third-order valence-corrected chi connectivity index (χ3v) is 5.20. The van der Waals surface area contributed by atoms with Crippen LogP contribution in [0.15, 0.2) is 48.0 Å². The molecule has 0 atom stereocenters. The first-order valence-electron chi connectivity index (χ1n) is 6.87. The second kappa shape index (κ2) is 6.74. The molecule has 0 saturated carbocycles. The maximum absolute atomic E-state index is 12.7. The predicted molar refractivity (Wildman–Crippen MR) is 88.0 cm³/mol. The lowest BCUT2D eigenvalue weighted by Gasteiger charge is -2.09. The number of benzene rings is 1. The van der Waals surface area contributed by atoms with Crippen LogP contribution in [-0.2, 0) is 12.7 Å². The number of hydrogen-bond acceptors (Lipinski definition) is 4. The molecule has 24 heavy (non-hydrogen) atoms. The van der Waals surface area contributed by atoms with Crippen LogP contribution in [0.2, 0.25) is 0 Å². The van der Waals surface area contributed by atoms with Crippen molar-refractivity contribution in [3.8, 4) is 9.88 Å². The lowest BCUT2D eigenvalue weighted by atomic mass is 10.1. The second-order valence-electron chi connectivity index (χ2n) is 4.89. The van der Waals surface area contributed by atoms with Crippen LogP contribution < -0.4 is 5.32 Å². The fourth-order valence-corrected chi connectivity index (χ4v) is 3.66. The van der Waals surface area contributed by atoms with Crippen LogP contribution in [0, 0.1) is 0 Å². The summed E-state index contributed by atoms with van der Waals surface area (Å²) in [5.41, 5.74) is -0.340. The average molecular weight is 368 g/mol. The topological polar surface area (TPSA) is 42.0 Å². The summed E-state index contributed by atoms with van der Waals surface area (Å²) in [6.07, 6.45) is -2.92. The van der Waals surface area contributed by atoms with Gasteiger partial charge in [-0.25, -0.2) is 4.98 Å². The molecule has 3 rings (SSSR count). The van der Waals surface area contributed by atoms with Crippen molar-refractivity contribution >= 4 is 28.6 Å². The van der Waals surface area contributed by atoms with Gasteiger partial charge in [0.1, 0.15) is 9.88 Å². The molecule has 0 saturated heterocycles. The van der Waals surface area contributed by atoms with Crippen molar-refractivity contribution in [3.63, 3.8) is 0 Å². The lowest BCUT2D eigenvalue weighted by Crippen LogP contribution is -2.22. The third kappa shape index (κ3) is 3.82. The van der Waals surface area contributed by atoms with E-state index in [1.165, 1.54) is 34.9 Å². The normalized spacial score (nSPS) is 11.5. The van der Waals surface area contributed by atoms with Crippen LogP contribution in [0.25, 0.3) is 9.88 Å². The highest BCUT2D eigenvalue weighted by atomic mass is 32.1. The van der Waals surface area contributed by atoms with Gasteiger partial charge in [0.2, 0.25) is 0 Å². The molecular formula is C16H11F3N2OS2. The van der Waals surface area contributed by atoms with Crippen LogP contribution in [0.3, 0.4) is 0 Å². The van der Waals surface area contributed by atoms with Crippen molar-refractivity contribution < 1.29 is 18.0 Å². The summed E-state index contributed by atoms with van der Waals surface area (Å²) in [5.74, 6) is -0.354. The van der Waals surface area contributed by atoms with Gasteiger partial charge in [0.15, 0.2) is 0 Å². The Bertz CT molecular complexity index is 841. The molecule has 3 nitrogen and oxygen atoms in total. The van der Waals surface area contributed by atoms with E-state index in [1.54, 1.807) is 6.07 Å². The van der Waals surface area contributed by atoms with E-state index in [4.69, 9.17) is 0 Å². The number of rotatable bonds is 4. The van der Waals surface area contributed by atoms with Crippen LogP contribution in [0.1, 0.15) is 20.8 Å². The highest BCUT2D eigenvalue weighted by Crippen LogP contribution is 2.30. The van der Waals surface area contributed by atoms with Gasteiger partial charge in [-0.15, -0.1) is 22.7 Å². The van der Waals surface area contributed by atoms with Crippen LogP contribution in [0.4, 0.5) is 13.2 Å². The number of nitrogens with one attached hydrogen (secondary N) is 1. The van der Waals surface area contributed by atoms with E-state index in [0.717, 1.165) is 22.0 Å². The summed E-state index contributed by atoms with van der Waals surface area (Å²) in [5, 5.41) is 5.29. The predicted octanol–water partition coefficient (Wildman–Crippen LogP) is 4.82. The van der Waals surface area contributed by atoms with Gasteiger partial charge in [-0.3, -0.25) is 4.79 Å². The fraction of sp³-hybridized carbons (Fsp3) is 0.125. The monoisotopic (exact) mass is 368 g/mol. The molecule has 0 bridgehead atoms. The Balaban J connectivity index is 1.66. The number of aromatic nitrogens is 1. The van der Waals surface area contributed by atoms with E-state index in [2.05, 4.69) is 10.3 Å². The van der Waals surface area contributed by atoms with Crippen molar-refractivity contribution in [2.75, 3.05) is 0 Å². The Morgan fingerprint density at radius 2 is 2.04 bits per heavy atom. The van der Waals surface area contributed by atoms with E-state index in [9.17, 15) is 18.0 Å². The second-order valence-corrected chi connectivity index (χ2v) is 6.87. The number of thiazole rings is 1. The molecule has 0 spiro atoms. The third-order valence-electron chi connectivity index (χ3n) is 3.17. The maximum atomic E-state index is 12.7. The molecule has 124 valence electrons. The Kier molecular flexibility index (Phi) is 4.68. The molecular weight excluding hydrogens is 357 g/mol. The average Bonchev–Trinajstić information content (AvgIpc) is 3.22. The molecule has 0 radical (unpaired) electrons. The van der Waals surface area contributed by atoms with Gasteiger partial charge in [-0.1, -0.05) is 18.2 Å².